The highest BCUT2D eigenvalue weighted by Crippen LogP contribution is 2.27. The molecule has 0 aliphatic heterocycles. The predicted molar refractivity (Wildman–Crippen MR) is 139 cm³/mol. The minimum Gasteiger partial charge on any atom is -0.485 e. The molecule has 0 fully saturated rings. The van der Waals surface area contributed by atoms with Crippen molar-refractivity contribution >= 4 is 22.3 Å². The van der Waals surface area contributed by atoms with Crippen molar-refractivity contribution in [1.29, 1.82) is 0 Å². The highest BCUT2D eigenvalue weighted by atomic mass is 19.1. The number of rotatable bonds is 7. The second kappa shape index (κ2) is 9.99. The van der Waals surface area contributed by atoms with Crippen molar-refractivity contribution < 1.29 is 18.3 Å². The van der Waals surface area contributed by atoms with E-state index in [0.29, 0.717) is 22.8 Å². The van der Waals surface area contributed by atoms with E-state index in [9.17, 15) is 13.6 Å². The lowest BCUT2D eigenvalue weighted by molar-refractivity contribution is 0.0931. The summed E-state index contributed by atoms with van der Waals surface area (Å²) in [5.41, 5.74) is 8.75. The molecule has 3 N–H and O–H groups in total. The molecule has 6 nitrogen and oxygen atoms in total. The summed E-state index contributed by atoms with van der Waals surface area (Å²) >= 11 is 0. The van der Waals surface area contributed by atoms with Crippen LogP contribution in [0.3, 0.4) is 0 Å². The van der Waals surface area contributed by atoms with Crippen molar-refractivity contribution in [2.24, 2.45) is 5.73 Å². The Balaban J connectivity index is 1.45. The van der Waals surface area contributed by atoms with Gasteiger partial charge >= 0.3 is 0 Å². The number of nitrogens with two attached hydrogens (primary N) is 1. The van der Waals surface area contributed by atoms with E-state index in [0.717, 1.165) is 21.9 Å². The highest BCUT2D eigenvalue weighted by Gasteiger charge is 2.23. The Kier molecular flexibility index (Phi) is 6.58. The van der Waals surface area contributed by atoms with Gasteiger partial charge in [-0.3, -0.25) is 9.20 Å². The number of ether oxygens (including phenoxy) is 1. The number of carbonyl (C=O) groups excluding carboxylic acids is 1. The smallest absolute Gasteiger partial charge is 0.270 e. The number of aromatic nitrogens is 2. The molecule has 1 unspecified atom stereocenters. The van der Waals surface area contributed by atoms with Crippen LogP contribution in [0, 0.1) is 25.5 Å². The Morgan fingerprint density at radius 3 is 2.49 bits per heavy atom. The van der Waals surface area contributed by atoms with E-state index in [1.807, 2.05) is 49.4 Å². The van der Waals surface area contributed by atoms with Crippen LogP contribution in [0.4, 0.5) is 8.78 Å². The van der Waals surface area contributed by atoms with Crippen LogP contribution in [0.15, 0.2) is 72.9 Å². The molecule has 188 valence electrons. The van der Waals surface area contributed by atoms with Crippen LogP contribution < -0.4 is 15.8 Å². The summed E-state index contributed by atoms with van der Waals surface area (Å²) in [7, 11) is 0. The molecule has 5 rings (SSSR count). The molecule has 0 spiro atoms. The van der Waals surface area contributed by atoms with Gasteiger partial charge in [-0.2, -0.15) is 0 Å². The number of fused-ring (bicyclic) bond motifs is 2. The summed E-state index contributed by atoms with van der Waals surface area (Å²) in [4.78, 5) is 18.0. The zero-order chi connectivity index (χ0) is 26.1. The van der Waals surface area contributed by atoms with Crippen molar-refractivity contribution in [2.45, 2.75) is 26.5 Å². The third-order valence-corrected chi connectivity index (χ3v) is 6.36. The van der Waals surface area contributed by atoms with Crippen LogP contribution >= 0.6 is 0 Å². The summed E-state index contributed by atoms with van der Waals surface area (Å²) in [5.74, 6) is -1.41. The second-order valence-corrected chi connectivity index (χ2v) is 8.98. The average molecular weight is 501 g/mol. The molecule has 8 heteroatoms. The quantitative estimate of drug-likeness (QED) is 0.314. The maximum absolute atomic E-state index is 14.1. The molecule has 1 atom stereocenters. The minimum absolute atomic E-state index is 0.176. The van der Waals surface area contributed by atoms with E-state index in [1.54, 1.807) is 23.6 Å². The van der Waals surface area contributed by atoms with E-state index < -0.39 is 17.7 Å². The number of nitrogens with zero attached hydrogens (tertiary/aromatic N) is 2. The lowest BCUT2D eigenvalue weighted by Gasteiger charge is -2.18. The van der Waals surface area contributed by atoms with Gasteiger partial charge in [-0.25, -0.2) is 13.8 Å². The van der Waals surface area contributed by atoms with Gasteiger partial charge in [-0.15, -0.1) is 0 Å². The Morgan fingerprint density at radius 2 is 1.76 bits per heavy atom. The topological polar surface area (TPSA) is 81.6 Å². The monoisotopic (exact) mass is 500 g/mol. The van der Waals surface area contributed by atoms with Crippen molar-refractivity contribution in [3.8, 4) is 5.75 Å². The lowest BCUT2D eigenvalue weighted by Crippen LogP contribution is -2.34. The number of hydrogen-bond donors (Lipinski definition) is 2. The number of benzene rings is 3. The van der Waals surface area contributed by atoms with Gasteiger partial charge in [0, 0.05) is 12.7 Å². The fraction of sp³-hybridized carbons (Fsp3) is 0.172. The molecule has 0 aliphatic rings. The maximum atomic E-state index is 14.1. The number of pyridine rings is 1. The first kappa shape index (κ1) is 24.4. The van der Waals surface area contributed by atoms with E-state index in [4.69, 9.17) is 10.5 Å². The molecule has 0 saturated heterocycles. The van der Waals surface area contributed by atoms with Gasteiger partial charge in [-0.1, -0.05) is 42.5 Å². The van der Waals surface area contributed by atoms with Gasteiger partial charge in [0.1, 0.15) is 23.9 Å². The summed E-state index contributed by atoms with van der Waals surface area (Å²) in [6.07, 6.45) is 1.77. The van der Waals surface area contributed by atoms with Gasteiger partial charge < -0.3 is 15.8 Å². The first-order valence-corrected chi connectivity index (χ1v) is 11.9. The van der Waals surface area contributed by atoms with Crippen molar-refractivity contribution in [3.05, 3.63) is 113 Å². The fourth-order valence-electron chi connectivity index (χ4n) is 4.49. The standard InChI is InChI=1S/C29H26F2N4O2/c1-17-12-26(37-16-22-23(30)8-5-9-24(22)31)28-33-18(2)27(35(28)15-17)29(36)34-25(14-32)21-11-10-19-6-3-4-7-20(19)13-21/h3-13,15,25H,14,16,32H2,1-2H3,(H,34,36). The third-order valence-electron chi connectivity index (χ3n) is 6.36. The van der Waals surface area contributed by atoms with Crippen molar-refractivity contribution in [1.82, 2.24) is 14.7 Å². The van der Waals surface area contributed by atoms with Gasteiger partial charge in [0.2, 0.25) is 0 Å². The van der Waals surface area contributed by atoms with Crippen LogP contribution in [0.5, 0.6) is 5.75 Å². The molecule has 2 aromatic heterocycles. The van der Waals surface area contributed by atoms with Crippen molar-refractivity contribution in [3.63, 3.8) is 0 Å². The third kappa shape index (κ3) is 4.75. The van der Waals surface area contributed by atoms with E-state index >= 15 is 0 Å². The maximum Gasteiger partial charge on any atom is 0.270 e. The van der Waals surface area contributed by atoms with Gasteiger partial charge in [0.25, 0.3) is 5.91 Å². The molecule has 0 saturated carbocycles. The average Bonchev–Trinajstić information content (AvgIpc) is 3.22. The number of imidazole rings is 1. The van der Waals surface area contributed by atoms with Crippen molar-refractivity contribution in [2.75, 3.05) is 6.54 Å². The zero-order valence-electron chi connectivity index (χ0n) is 20.5. The van der Waals surface area contributed by atoms with Crippen LogP contribution in [0.25, 0.3) is 16.4 Å². The summed E-state index contributed by atoms with van der Waals surface area (Å²) in [5, 5.41) is 5.19. The van der Waals surface area contributed by atoms with Gasteiger partial charge in [0.05, 0.1) is 17.3 Å². The zero-order valence-corrected chi connectivity index (χ0v) is 20.5. The normalized spacial score (nSPS) is 12.1. The van der Waals surface area contributed by atoms with Crippen LogP contribution in [-0.4, -0.2) is 21.8 Å². The first-order chi connectivity index (χ1) is 17.9. The Morgan fingerprint density at radius 1 is 1.03 bits per heavy atom. The van der Waals surface area contributed by atoms with Crippen LogP contribution in [-0.2, 0) is 6.61 Å². The number of aryl methyl sites for hydroxylation is 2. The number of amides is 1. The van der Waals surface area contributed by atoms with Gasteiger partial charge in [0.15, 0.2) is 11.4 Å². The molecular weight excluding hydrogens is 474 g/mol. The van der Waals surface area contributed by atoms with E-state index in [-0.39, 0.29) is 24.6 Å². The molecular formula is C29H26F2N4O2. The molecule has 0 bridgehead atoms. The Labute approximate surface area is 212 Å². The molecule has 37 heavy (non-hydrogen) atoms. The first-order valence-electron chi connectivity index (χ1n) is 11.9. The van der Waals surface area contributed by atoms with Crippen LogP contribution in [0.2, 0.25) is 0 Å². The summed E-state index contributed by atoms with van der Waals surface area (Å²) in [6.45, 7) is 3.46. The minimum atomic E-state index is -0.690. The highest BCUT2D eigenvalue weighted by molar-refractivity contribution is 5.95. The lowest BCUT2D eigenvalue weighted by atomic mass is 10.0. The number of halogens is 2. The molecule has 3 aromatic carbocycles. The SMILES string of the molecule is Cc1cc(OCc2c(F)cccc2F)c2nc(C)c(C(=O)NC(CN)c3ccc4ccccc4c3)n2c1. The fourth-order valence-corrected chi connectivity index (χ4v) is 4.49. The largest absolute Gasteiger partial charge is 0.485 e. The Hall–Kier alpha value is -4.30. The molecule has 0 radical (unpaired) electrons. The predicted octanol–water partition coefficient (Wildman–Crippen LogP) is 5.39. The summed E-state index contributed by atoms with van der Waals surface area (Å²) in [6, 6.07) is 18.9. The molecule has 5 aromatic rings. The molecule has 1 amide bonds. The molecule has 0 aliphatic carbocycles. The van der Waals surface area contributed by atoms with Crippen LogP contribution in [0.1, 0.15) is 38.9 Å². The van der Waals surface area contributed by atoms with Gasteiger partial charge in [-0.05, 0) is 60.0 Å². The Bertz CT molecular complexity index is 1610. The summed E-state index contributed by atoms with van der Waals surface area (Å²) < 4.78 is 35.6. The van der Waals surface area contributed by atoms with E-state index in [2.05, 4.69) is 10.3 Å². The molecule has 2 heterocycles. The second-order valence-electron chi connectivity index (χ2n) is 8.98. The number of carbonyl (C=O) groups is 1. The number of nitrogens with one attached hydrogen (secondary N) is 1. The van der Waals surface area contributed by atoms with E-state index in [1.165, 1.54) is 18.2 Å². The number of hydrogen-bond acceptors (Lipinski definition) is 4.